The van der Waals surface area contributed by atoms with E-state index in [1.165, 1.54) is 0 Å². The molecule has 0 spiro atoms. The summed E-state index contributed by atoms with van der Waals surface area (Å²) in [5.74, 6) is 0.226. The molecule has 1 aromatic carbocycles. The van der Waals surface area contributed by atoms with Gasteiger partial charge >= 0.3 is 6.03 Å². The Morgan fingerprint density at radius 1 is 1.24 bits per heavy atom. The molecule has 0 aliphatic carbocycles. The van der Waals surface area contributed by atoms with Gasteiger partial charge in [-0.05, 0) is 57.9 Å². The number of piperidine rings is 1. The fraction of sp³-hybridized carbons (Fsp3) is 0.556. The van der Waals surface area contributed by atoms with Gasteiger partial charge in [0, 0.05) is 30.2 Å². The first-order valence-corrected chi connectivity index (χ1v) is 8.61. The number of carbonyl (C=O) groups excluding carboxylic acids is 2. The smallest absolute Gasteiger partial charge is 0.319 e. The molecule has 0 unspecified atom stereocenters. The van der Waals surface area contributed by atoms with Crippen molar-refractivity contribution in [2.45, 2.75) is 52.2 Å². The molecule has 1 aliphatic rings. The molecule has 3 amide bonds. The van der Waals surface area contributed by atoms with Gasteiger partial charge in [0.1, 0.15) is 0 Å². The zero-order valence-corrected chi connectivity index (χ0v) is 15.9. The number of halogens is 1. The van der Waals surface area contributed by atoms with E-state index in [4.69, 9.17) is 0 Å². The summed E-state index contributed by atoms with van der Waals surface area (Å²) in [5, 5.41) is 11.9. The van der Waals surface area contributed by atoms with E-state index in [-0.39, 0.29) is 36.3 Å². The van der Waals surface area contributed by atoms with Crippen LogP contribution >= 0.6 is 12.4 Å². The van der Waals surface area contributed by atoms with Gasteiger partial charge < -0.3 is 21.3 Å². The van der Waals surface area contributed by atoms with E-state index in [1.54, 1.807) is 0 Å². The van der Waals surface area contributed by atoms with E-state index in [1.807, 2.05) is 38.1 Å². The van der Waals surface area contributed by atoms with Crippen LogP contribution in [0.5, 0.6) is 0 Å². The first-order valence-electron chi connectivity index (χ1n) is 8.61. The molecule has 0 radical (unpaired) electrons. The standard InChI is InChI=1S/C18H28N4O2.ClH/c1-12(2)21-18(24)22-16-6-4-14(5-7-16)11-20-17(23)15-8-9-19-13(3)10-15;/h4-7,12-13,15,19H,8-11H2,1-3H3,(H,20,23)(H2,21,22,24);1H/t13-,15-;/m0./s1. The SMILES string of the molecule is CC(C)NC(=O)Nc1ccc(CNC(=O)[C@H]2CCN[C@@H](C)C2)cc1.Cl. The van der Waals surface area contributed by atoms with Gasteiger partial charge in [-0.1, -0.05) is 12.1 Å². The number of carbonyl (C=O) groups is 2. The third kappa shape index (κ3) is 7.32. The highest BCUT2D eigenvalue weighted by Crippen LogP contribution is 2.16. The summed E-state index contributed by atoms with van der Waals surface area (Å²) >= 11 is 0. The maximum absolute atomic E-state index is 12.2. The van der Waals surface area contributed by atoms with Crippen molar-refractivity contribution >= 4 is 30.0 Å². The molecule has 0 saturated carbocycles. The second-order valence-electron chi connectivity index (χ2n) is 6.74. The van der Waals surface area contributed by atoms with Gasteiger partial charge in [0.15, 0.2) is 0 Å². The van der Waals surface area contributed by atoms with E-state index >= 15 is 0 Å². The Hall–Kier alpha value is -1.79. The molecule has 25 heavy (non-hydrogen) atoms. The summed E-state index contributed by atoms with van der Waals surface area (Å²) in [6.07, 6.45) is 1.78. The van der Waals surface area contributed by atoms with Gasteiger partial charge in [-0.2, -0.15) is 0 Å². The van der Waals surface area contributed by atoms with Gasteiger partial charge in [-0.3, -0.25) is 4.79 Å². The third-order valence-electron chi connectivity index (χ3n) is 4.09. The molecular weight excluding hydrogens is 340 g/mol. The van der Waals surface area contributed by atoms with E-state index in [0.29, 0.717) is 12.6 Å². The van der Waals surface area contributed by atoms with Crippen LogP contribution in [-0.2, 0) is 11.3 Å². The predicted octanol–water partition coefficient (Wildman–Crippen LogP) is 2.64. The normalized spacial score (nSPS) is 19.7. The number of amides is 3. The van der Waals surface area contributed by atoms with Gasteiger partial charge in [-0.15, -0.1) is 12.4 Å². The quantitative estimate of drug-likeness (QED) is 0.644. The largest absolute Gasteiger partial charge is 0.352 e. The lowest BCUT2D eigenvalue weighted by molar-refractivity contribution is -0.126. The van der Waals surface area contributed by atoms with Crippen LogP contribution in [0.4, 0.5) is 10.5 Å². The number of rotatable bonds is 5. The van der Waals surface area contributed by atoms with Crippen molar-refractivity contribution in [3.63, 3.8) is 0 Å². The number of hydrogen-bond donors (Lipinski definition) is 4. The molecule has 2 rings (SSSR count). The molecule has 4 N–H and O–H groups in total. The minimum absolute atomic E-state index is 0. The van der Waals surface area contributed by atoms with Crippen molar-refractivity contribution < 1.29 is 9.59 Å². The summed E-state index contributed by atoms with van der Waals surface area (Å²) in [6, 6.07) is 7.79. The second kappa shape index (κ2) is 10.3. The number of hydrogen-bond acceptors (Lipinski definition) is 3. The first kappa shape index (κ1) is 21.3. The average molecular weight is 369 g/mol. The van der Waals surface area contributed by atoms with Crippen molar-refractivity contribution in [3.05, 3.63) is 29.8 Å². The number of nitrogens with one attached hydrogen (secondary N) is 4. The molecule has 1 saturated heterocycles. The summed E-state index contributed by atoms with van der Waals surface area (Å²) in [5.41, 5.74) is 1.75. The Balaban J connectivity index is 0.00000312. The molecule has 6 nitrogen and oxygen atoms in total. The van der Waals surface area contributed by atoms with Crippen LogP contribution in [0.2, 0.25) is 0 Å². The van der Waals surface area contributed by atoms with E-state index in [2.05, 4.69) is 28.2 Å². The van der Waals surface area contributed by atoms with Crippen LogP contribution in [0, 0.1) is 5.92 Å². The minimum atomic E-state index is -0.217. The highest BCUT2D eigenvalue weighted by atomic mass is 35.5. The van der Waals surface area contributed by atoms with Gasteiger partial charge in [-0.25, -0.2) is 4.79 Å². The Morgan fingerprint density at radius 3 is 2.52 bits per heavy atom. The van der Waals surface area contributed by atoms with E-state index < -0.39 is 0 Å². The summed E-state index contributed by atoms with van der Waals surface area (Å²) in [4.78, 5) is 23.9. The Morgan fingerprint density at radius 2 is 1.92 bits per heavy atom. The molecule has 7 heteroatoms. The number of benzene rings is 1. The van der Waals surface area contributed by atoms with Gasteiger partial charge in [0.25, 0.3) is 0 Å². The summed E-state index contributed by atoms with van der Waals surface area (Å²) in [6.45, 7) is 7.34. The van der Waals surface area contributed by atoms with Crippen LogP contribution in [0.15, 0.2) is 24.3 Å². The highest BCUT2D eigenvalue weighted by Gasteiger charge is 2.24. The monoisotopic (exact) mass is 368 g/mol. The van der Waals surface area contributed by atoms with Crippen LogP contribution < -0.4 is 21.3 Å². The van der Waals surface area contributed by atoms with Crippen molar-refractivity contribution in [3.8, 4) is 0 Å². The highest BCUT2D eigenvalue weighted by molar-refractivity contribution is 5.89. The fourth-order valence-electron chi connectivity index (χ4n) is 2.84. The first-order chi connectivity index (χ1) is 11.4. The molecule has 1 heterocycles. The Labute approximate surface area is 155 Å². The molecule has 140 valence electrons. The summed E-state index contributed by atoms with van der Waals surface area (Å²) < 4.78 is 0. The van der Waals surface area contributed by atoms with Crippen LogP contribution in [-0.4, -0.2) is 30.6 Å². The minimum Gasteiger partial charge on any atom is -0.352 e. The second-order valence-corrected chi connectivity index (χ2v) is 6.74. The molecule has 0 bridgehead atoms. The van der Waals surface area contributed by atoms with Gasteiger partial charge in [0.05, 0.1) is 0 Å². The van der Waals surface area contributed by atoms with Crippen LogP contribution in [0.25, 0.3) is 0 Å². The zero-order chi connectivity index (χ0) is 17.5. The summed E-state index contributed by atoms with van der Waals surface area (Å²) in [7, 11) is 0. The van der Waals surface area contributed by atoms with Crippen molar-refractivity contribution in [1.29, 1.82) is 0 Å². The molecule has 1 fully saturated rings. The van der Waals surface area contributed by atoms with Crippen LogP contribution in [0.1, 0.15) is 39.2 Å². The third-order valence-corrected chi connectivity index (χ3v) is 4.09. The molecule has 1 aliphatic heterocycles. The molecular formula is C18H29ClN4O2. The Kier molecular flexibility index (Phi) is 8.72. The lowest BCUT2D eigenvalue weighted by Crippen LogP contribution is -2.42. The maximum atomic E-state index is 12.2. The van der Waals surface area contributed by atoms with Gasteiger partial charge in [0.2, 0.25) is 5.91 Å². The van der Waals surface area contributed by atoms with Crippen molar-refractivity contribution in [2.24, 2.45) is 5.92 Å². The number of anilines is 1. The van der Waals surface area contributed by atoms with Crippen molar-refractivity contribution in [1.82, 2.24) is 16.0 Å². The predicted molar refractivity (Wildman–Crippen MR) is 103 cm³/mol. The topological polar surface area (TPSA) is 82.3 Å². The van der Waals surface area contributed by atoms with Crippen molar-refractivity contribution in [2.75, 3.05) is 11.9 Å². The maximum Gasteiger partial charge on any atom is 0.319 e. The zero-order valence-electron chi connectivity index (χ0n) is 15.1. The molecule has 2 atom stereocenters. The fourth-order valence-corrected chi connectivity index (χ4v) is 2.84. The lowest BCUT2D eigenvalue weighted by Gasteiger charge is -2.27. The average Bonchev–Trinajstić information content (AvgIpc) is 2.53. The molecule has 0 aromatic heterocycles. The molecule has 1 aromatic rings. The van der Waals surface area contributed by atoms with E-state index in [9.17, 15) is 9.59 Å². The number of urea groups is 1. The Bertz CT molecular complexity index is 563. The van der Waals surface area contributed by atoms with E-state index in [0.717, 1.165) is 30.6 Å². The lowest BCUT2D eigenvalue weighted by atomic mass is 9.92. The van der Waals surface area contributed by atoms with Crippen LogP contribution in [0.3, 0.4) is 0 Å².